The average molecular weight is 1740 g/mol. The third-order valence-electron chi connectivity index (χ3n) is 23.5. The zero-order chi connectivity index (χ0) is 95.5. The fourth-order valence-corrected chi connectivity index (χ4v) is 14.8. The number of amides is 2. The van der Waals surface area contributed by atoms with Gasteiger partial charge in [0.1, 0.15) is 5.75 Å². The van der Waals surface area contributed by atoms with E-state index in [1.54, 1.807) is 14.0 Å². The predicted molar refractivity (Wildman–Crippen MR) is 558 cm³/mol. The molecule has 124 heavy (non-hydrogen) atoms. The molecule has 0 radical (unpaired) electrons. The monoisotopic (exact) mass is 1740 g/mol. The highest BCUT2D eigenvalue weighted by Crippen LogP contribution is 2.40. The molecule has 1 saturated heterocycles. The van der Waals surface area contributed by atoms with E-state index < -0.39 is 0 Å². The second kappa shape index (κ2) is 96.1. The summed E-state index contributed by atoms with van der Waals surface area (Å²) in [5.74, 6) is 9.27. The lowest BCUT2D eigenvalue weighted by Crippen LogP contribution is -2.36. The molecule has 0 spiro atoms. The molecule has 3 aromatic carbocycles. The van der Waals surface area contributed by atoms with Crippen LogP contribution in [0, 0.1) is 63.6 Å². The molecule has 9 nitrogen and oxygen atoms in total. The Kier molecular flexibility index (Phi) is 103. The van der Waals surface area contributed by atoms with Gasteiger partial charge in [-0.3, -0.25) is 14.4 Å². The van der Waals surface area contributed by atoms with Gasteiger partial charge >= 0.3 is 5.97 Å². The lowest BCUT2D eigenvalue weighted by atomic mass is 9.70. The highest BCUT2D eigenvalue weighted by molar-refractivity contribution is 5.73. The summed E-state index contributed by atoms with van der Waals surface area (Å²) in [6.45, 7) is 68.2. The van der Waals surface area contributed by atoms with E-state index in [0.29, 0.717) is 22.7 Å². The van der Waals surface area contributed by atoms with E-state index in [4.69, 9.17) is 4.74 Å². The lowest BCUT2D eigenvalue weighted by Gasteiger charge is -2.35. The Labute approximate surface area is 778 Å². The van der Waals surface area contributed by atoms with Gasteiger partial charge in [0.2, 0.25) is 11.8 Å². The van der Waals surface area contributed by atoms with Crippen molar-refractivity contribution in [1.82, 2.24) is 15.1 Å². The van der Waals surface area contributed by atoms with E-state index in [-0.39, 0.29) is 17.8 Å². The number of benzene rings is 3. The number of nitrogens with one attached hydrogen (secondary N) is 1. The molecule has 10 rings (SSSR count). The summed E-state index contributed by atoms with van der Waals surface area (Å²) in [6.07, 6.45) is 62.6. The molecule has 3 aromatic rings. The lowest BCUT2D eigenvalue weighted by molar-refractivity contribution is -0.140. The van der Waals surface area contributed by atoms with E-state index in [1.807, 2.05) is 95.0 Å². The SMILES string of the molecule is C/C=C/C.CC(=O)N1CCC(C)CC1.CC1(C)CCCCC1.CC1CCC(C(C)(C)C)CC1.CCCC(=O)OC.CCCC(C)(C)C.CCCC(C)C.CCCC1CC1.CCCC1CCC1.CCCC1CCCC1.CCCC1CCCCC1.CCCc1ccccc1.CCN(C)C.CCNC(C)=O.CCOC.CCOc1ccccc1.CCc1ccccc1. The number of allylic oxidation sites excluding steroid dienone is 2. The summed E-state index contributed by atoms with van der Waals surface area (Å²) in [7, 11) is 7.19. The molecule has 0 atom stereocenters. The van der Waals surface area contributed by atoms with Crippen LogP contribution in [0.3, 0.4) is 0 Å². The van der Waals surface area contributed by atoms with Crippen LogP contribution in [0.25, 0.3) is 0 Å². The van der Waals surface area contributed by atoms with Crippen LogP contribution in [-0.2, 0) is 36.7 Å². The van der Waals surface area contributed by atoms with Crippen LogP contribution in [0.1, 0.15) is 469 Å². The molecule has 6 saturated carbocycles. The first-order valence-electron chi connectivity index (χ1n) is 52.0. The van der Waals surface area contributed by atoms with Gasteiger partial charge in [0.05, 0.1) is 13.7 Å². The molecule has 1 N–H and O–H groups in total. The van der Waals surface area contributed by atoms with Crippen LogP contribution in [0.5, 0.6) is 5.75 Å². The van der Waals surface area contributed by atoms with Crippen molar-refractivity contribution < 1.29 is 28.6 Å². The summed E-state index contributed by atoms with van der Waals surface area (Å²) in [5.41, 5.74) is 4.64. The fourth-order valence-electron chi connectivity index (χ4n) is 14.8. The first kappa shape index (κ1) is 133. The average Bonchev–Trinajstić information content (AvgIpc) is 1.23. The van der Waals surface area contributed by atoms with Crippen molar-refractivity contribution in [3.8, 4) is 5.75 Å². The Morgan fingerprint density at radius 1 is 0.492 bits per heavy atom. The molecular formula is C115H221N3O6. The van der Waals surface area contributed by atoms with Gasteiger partial charge in [-0.2, -0.15) is 0 Å². The van der Waals surface area contributed by atoms with Crippen molar-refractivity contribution in [3.63, 3.8) is 0 Å². The Hall–Kier alpha value is -4.47. The number of carbonyl (C=O) groups is 3. The third-order valence-corrected chi connectivity index (χ3v) is 23.5. The maximum atomic E-state index is 10.8. The summed E-state index contributed by atoms with van der Waals surface area (Å²) < 4.78 is 14.1. The Balaban J connectivity index is -0.000000236. The van der Waals surface area contributed by atoms with Crippen LogP contribution in [0.15, 0.2) is 103 Å². The molecule has 2 amide bonds. The maximum Gasteiger partial charge on any atom is 0.305 e. The Morgan fingerprint density at radius 2 is 0.879 bits per heavy atom. The molecule has 0 aromatic heterocycles. The van der Waals surface area contributed by atoms with Gasteiger partial charge in [-0.25, -0.2) is 0 Å². The normalized spacial score (nSPS) is 16.7. The number of aryl methyl sites for hydroxylation is 2. The van der Waals surface area contributed by atoms with Crippen LogP contribution in [0.4, 0.5) is 0 Å². The van der Waals surface area contributed by atoms with Crippen molar-refractivity contribution in [2.75, 3.05) is 67.7 Å². The largest absolute Gasteiger partial charge is 0.494 e. The number of rotatable bonds is 21. The van der Waals surface area contributed by atoms with Crippen LogP contribution in [0.2, 0.25) is 0 Å². The van der Waals surface area contributed by atoms with E-state index in [9.17, 15) is 14.4 Å². The number of methoxy groups -OCH3 is 2. The standard InChI is InChI=1S/C11H22.C9H18.C9H12.C8H15NO.C8H10O.C8H16.C8H10.C8H16.C7H14.C7H16.C6H12.C6H14.C5H10O2.C4H9NO.C4H11N.C4H8.C3H8O/c1-9-5-7-10(8-6-9)11(2,3)4;2*1-2-6-9-7-4-3-5-8-9;1-7-3-5-9(6-4-7)8(2)10;1-2-9-8-6-4-3-5-7-8;1-8(2)6-4-3-5-7-8;1-2-8-6-4-3-5-7-8;1-2-5-8-6-3-4-7-8;1-2-4-7-5-3-6-7;1-5-6-7(2,3)4;1-2-3-6-4-5-6;1-4-5-6(2)3;1-3-4-5(6)7-2;1-3-5-4(2)6;1-4-5(2)3;2*1-3-4-2/h9-10H,5-8H2,1-4H3;9H,2-8H2,1H3;3-5,7-8H,2,6H2,1H3;7H,3-6H2,1-2H3;3-7H,2H2,1H3;3-7H2,1-2H3;3-7H,2H2,1H3;8H,2-7H2,1H3;7H,2-6H2,1H3;5-6H2,1-4H3;6H,2-5H2,1H3;6H,4-5H2,1-3H3;3-4H2,1-2H3;3H2,1-2H3,(H,5,6);4H2,1-3H3;3-4H,1-2H3;3H2,1-2H3/b;;;;;;;;;;;;;;;4-3+;. The van der Waals surface area contributed by atoms with Gasteiger partial charge in [-0.15, -0.1) is 0 Å². The van der Waals surface area contributed by atoms with Gasteiger partial charge in [0.25, 0.3) is 0 Å². The first-order chi connectivity index (χ1) is 58.9. The molecule has 1 aliphatic heterocycles. The fraction of sp³-hybridized carbons (Fsp3) is 0.800. The number of hydrogen-bond donors (Lipinski definition) is 1. The summed E-state index contributed by atoms with van der Waals surface area (Å²) in [6, 6.07) is 30.8. The topological polar surface area (TPSA) is 97.4 Å². The number of esters is 1. The number of piperidine rings is 1. The molecule has 0 bridgehead atoms. The zero-order valence-electron chi connectivity index (χ0n) is 89.7. The number of likely N-dealkylation sites (tertiary alicyclic amines) is 1. The molecule has 7 aliphatic rings. The number of para-hydroxylation sites is 1. The van der Waals surface area contributed by atoms with Gasteiger partial charge in [0.15, 0.2) is 0 Å². The number of carbonyl (C=O) groups excluding carboxylic acids is 3. The Bertz CT molecular complexity index is 2510. The molecule has 1 heterocycles. The van der Waals surface area contributed by atoms with Crippen LogP contribution < -0.4 is 10.1 Å². The second-order valence-corrected chi connectivity index (χ2v) is 39.7. The van der Waals surface area contributed by atoms with Gasteiger partial charge in [-0.1, -0.05) is 442 Å². The van der Waals surface area contributed by atoms with Crippen LogP contribution >= 0.6 is 0 Å². The molecule has 0 unspecified atom stereocenters. The summed E-state index contributed by atoms with van der Waals surface area (Å²) >= 11 is 0. The van der Waals surface area contributed by atoms with E-state index in [1.165, 1.54) is 276 Å². The molecule has 732 valence electrons. The number of hydrogen-bond acceptors (Lipinski definition) is 7. The second-order valence-electron chi connectivity index (χ2n) is 39.7. The minimum absolute atomic E-state index is 0.0394. The number of nitrogens with zero attached hydrogens (tertiary/aromatic N) is 2. The minimum Gasteiger partial charge on any atom is -0.494 e. The first-order valence-corrected chi connectivity index (χ1v) is 52.0. The third kappa shape index (κ3) is 106. The smallest absolute Gasteiger partial charge is 0.305 e. The molecular weight excluding hydrogens is 1520 g/mol. The Morgan fingerprint density at radius 3 is 1.10 bits per heavy atom. The van der Waals surface area contributed by atoms with Crippen LogP contribution in [-0.4, -0.2) is 95.3 Å². The maximum absolute atomic E-state index is 10.8. The highest BCUT2D eigenvalue weighted by Gasteiger charge is 2.28. The zero-order valence-corrected chi connectivity index (χ0v) is 89.7. The van der Waals surface area contributed by atoms with Crippen molar-refractivity contribution in [3.05, 3.63) is 114 Å². The van der Waals surface area contributed by atoms with Gasteiger partial charge < -0.3 is 29.3 Å². The minimum atomic E-state index is -0.123. The van der Waals surface area contributed by atoms with Gasteiger partial charge in [0, 0.05) is 53.6 Å². The highest BCUT2D eigenvalue weighted by atomic mass is 16.5. The molecule has 9 heteroatoms. The van der Waals surface area contributed by atoms with Crippen molar-refractivity contribution in [2.45, 2.75) is 470 Å². The van der Waals surface area contributed by atoms with Crippen molar-refractivity contribution >= 4 is 17.8 Å². The summed E-state index contributed by atoms with van der Waals surface area (Å²) in [4.78, 5) is 35.0. The van der Waals surface area contributed by atoms with Crippen molar-refractivity contribution in [1.29, 1.82) is 0 Å². The van der Waals surface area contributed by atoms with E-state index in [0.717, 1.165) is 105 Å². The van der Waals surface area contributed by atoms with Gasteiger partial charge in [-0.05, 0) is 206 Å². The predicted octanol–water partition coefficient (Wildman–Crippen LogP) is 35.4. The summed E-state index contributed by atoms with van der Waals surface area (Å²) in [5, 5.41) is 2.57. The van der Waals surface area contributed by atoms with E-state index >= 15 is 0 Å². The molecule has 6 aliphatic carbocycles. The number of ether oxygens (including phenoxy) is 3. The van der Waals surface area contributed by atoms with Crippen molar-refractivity contribution in [2.24, 2.45) is 63.6 Å². The molecule has 7 fully saturated rings. The quantitative estimate of drug-likeness (QED) is 0.0838. The van der Waals surface area contributed by atoms with E-state index in [2.05, 4.69) is 234 Å².